The van der Waals surface area contributed by atoms with Crippen LogP contribution < -0.4 is 32.6 Å². The second-order valence-corrected chi connectivity index (χ2v) is 23.0. The van der Waals surface area contributed by atoms with Crippen molar-refractivity contribution in [1.29, 1.82) is 0 Å². The van der Waals surface area contributed by atoms with Crippen LogP contribution >= 0.6 is 0 Å². The molecule has 4 fully saturated rings. The molecule has 6 aromatic rings. The quantitative estimate of drug-likeness (QED) is 0.158. The van der Waals surface area contributed by atoms with Crippen molar-refractivity contribution < 1.29 is 0 Å². The number of rotatable bonds is 7. The average Bonchev–Trinajstić information content (AvgIpc) is 4.27. The van der Waals surface area contributed by atoms with E-state index in [0.717, 1.165) is 45.7 Å². The maximum atomic E-state index is 11.5. The van der Waals surface area contributed by atoms with E-state index in [9.17, 15) is 28.8 Å². The van der Waals surface area contributed by atoms with Gasteiger partial charge in [-0.1, -0.05) is 175 Å². The van der Waals surface area contributed by atoms with E-state index in [-0.39, 0.29) is 32.6 Å². The second-order valence-electron chi connectivity index (χ2n) is 23.0. The molecule has 418 valence electrons. The van der Waals surface area contributed by atoms with E-state index >= 15 is 0 Å². The summed E-state index contributed by atoms with van der Waals surface area (Å²) in [6, 6.07) is 45.6. The summed E-state index contributed by atoms with van der Waals surface area (Å²) in [4.78, 5) is 67.8. The summed E-state index contributed by atoms with van der Waals surface area (Å²) in [5.74, 6) is 3.84. The molecule has 6 nitrogen and oxygen atoms in total. The summed E-state index contributed by atoms with van der Waals surface area (Å²) < 4.78 is 0. The van der Waals surface area contributed by atoms with Gasteiger partial charge in [-0.15, -0.1) is 0 Å². The standard InChI is InChI=1S/C14H18O.C13H16O.C12H14O.C12H16O.C11H12O.C11H14O/c1-11-10-13(8-5-9-14(11)15)12-6-3-2-4-7-12;1-10-9-12(7-4-8-13(10)14)11-5-2-3-6-11;1-9-8-11(10-4-2-5-10)6-3-7-12(9)13;1-4-9(2)11-6-5-7-12(13)10(3)8-11;1-8-7-10(9-5-6-9)3-2-4-11(8)12;1-8(2)10-5-4-6-11(12)9(3)7-10/h5,8-10,12H,2-4,6-7H2,1H3;4,7-9,11H,2-3,5-6H2,1H3;3,6-8,10H,2,4-5H2,1H3;5-9H,4H2,1-3H3;2-4,7,9H,5-6H2,1H3;4-8H,1-3H3. The van der Waals surface area contributed by atoms with Crippen LogP contribution in [0.15, 0.2) is 174 Å². The molecule has 0 heterocycles. The maximum absolute atomic E-state index is 11.5. The van der Waals surface area contributed by atoms with E-state index in [0.29, 0.717) is 29.6 Å². The largest absolute Gasteiger partial charge is 0.290 e. The molecule has 0 bridgehead atoms. The molecule has 0 saturated heterocycles. The van der Waals surface area contributed by atoms with Crippen molar-refractivity contribution in [1.82, 2.24) is 0 Å². The molecule has 10 rings (SSSR count). The van der Waals surface area contributed by atoms with Gasteiger partial charge in [0.05, 0.1) is 0 Å². The van der Waals surface area contributed by atoms with Crippen molar-refractivity contribution in [2.75, 3.05) is 0 Å². The van der Waals surface area contributed by atoms with Gasteiger partial charge in [0.25, 0.3) is 0 Å². The van der Waals surface area contributed by atoms with Crippen LogP contribution in [-0.2, 0) is 0 Å². The van der Waals surface area contributed by atoms with Crippen molar-refractivity contribution in [3.05, 3.63) is 274 Å². The maximum Gasteiger partial charge on any atom is 0.181 e. The van der Waals surface area contributed by atoms with Crippen molar-refractivity contribution >= 4 is 0 Å². The van der Waals surface area contributed by atoms with Crippen LogP contribution in [0.2, 0.25) is 0 Å². The Hall–Kier alpha value is -6.66. The minimum atomic E-state index is 0.113. The molecule has 6 heteroatoms. The SMILES string of the molecule is CCC(C)c1cccc(=O)c(C)c1.Cc1cc(C(C)C)cccc1=O.Cc1cc(C2CC2)cccc1=O.Cc1cc(C2CCC2)cccc1=O.Cc1cc(C2CCCC2)cccc1=O.Cc1cc(C2CCCCC2)cccc1=O. The third kappa shape index (κ3) is 21.2. The van der Waals surface area contributed by atoms with Gasteiger partial charge in [-0.25, -0.2) is 0 Å². The lowest BCUT2D eigenvalue weighted by Crippen LogP contribution is -2.08. The zero-order chi connectivity index (χ0) is 57.4. The van der Waals surface area contributed by atoms with E-state index in [1.54, 1.807) is 36.4 Å². The van der Waals surface area contributed by atoms with Crippen LogP contribution in [0.1, 0.15) is 226 Å². The summed E-state index contributed by atoms with van der Waals surface area (Å²) in [6.07, 6.45) is 19.5. The Morgan fingerprint density at radius 2 is 0.570 bits per heavy atom. The smallest absolute Gasteiger partial charge is 0.181 e. The average molecular weight is 1060 g/mol. The van der Waals surface area contributed by atoms with Crippen molar-refractivity contribution in [3.63, 3.8) is 0 Å². The zero-order valence-electron chi connectivity index (χ0n) is 49.4. The van der Waals surface area contributed by atoms with Gasteiger partial charge < -0.3 is 0 Å². The molecular formula is C73H90O6. The van der Waals surface area contributed by atoms with Gasteiger partial charge in [-0.2, -0.15) is 0 Å². The molecule has 0 N–H and O–H groups in total. The minimum absolute atomic E-state index is 0.113. The van der Waals surface area contributed by atoms with E-state index in [1.165, 1.54) is 123 Å². The first-order valence-electron chi connectivity index (χ1n) is 29.5. The third-order valence-corrected chi connectivity index (χ3v) is 16.2. The molecule has 0 spiro atoms. The lowest BCUT2D eigenvalue weighted by Gasteiger charge is -2.25. The number of aryl methyl sites for hydroxylation is 6. The molecule has 0 aliphatic heterocycles. The molecule has 1 unspecified atom stereocenters. The van der Waals surface area contributed by atoms with Gasteiger partial charge in [0.15, 0.2) is 32.6 Å². The van der Waals surface area contributed by atoms with Gasteiger partial charge in [0.1, 0.15) is 0 Å². The highest BCUT2D eigenvalue weighted by Crippen LogP contribution is 2.40. The Morgan fingerprint density at radius 3 is 0.848 bits per heavy atom. The van der Waals surface area contributed by atoms with Crippen molar-refractivity contribution in [3.8, 4) is 0 Å². The van der Waals surface area contributed by atoms with E-state index in [4.69, 9.17) is 0 Å². The van der Waals surface area contributed by atoms with Crippen LogP contribution in [0, 0.1) is 41.5 Å². The zero-order valence-corrected chi connectivity index (χ0v) is 49.4. The molecule has 0 radical (unpaired) electrons. The van der Waals surface area contributed by atoms with Crippen LogP contribution in [0.3, 0.4) is 0 Å². The van der Waals surface area contributed by atoms with E-state index < -0.39 is 0 Å². The third-order valence-electron chi connectivity index (χ3n) is 16.2. The Kier molecular flexibility index (Phi) is 25.9. The van der Waals surface area contributed by atoms with Crippen molar-refractivity contribution in [2.24, 2.45) is 0 Å². The van der Waals surface area contributed by atoms with Crippen molar-refractivity contribution in [2.45, 2.75) is 201 Å². The highest BCUT2D eigenvalue weighted by Gasteiger charge is 2.23. The summed E-state index contributed by atoms with van der Waals surface area (Å²) in [5, 5.41) is 0. The molecule has 79 heavy (non-hydrogen) atoms. The van der Waals surface area contributed by atoms with Crippen LogP contribution in [0.4, 0.5) is 0 Å². The van der Waals surface area contributed by atoms with Crippen LogP contribution in [-0.4, -0.2) is 0 Å². The summed E-state index contributed by atoms with van der Waals surface area (Å²) >= 11 is 0. The summed E-state index contributed by atoms with van der Waals surface area (Å²) in [5.41, 5.74) is 13.8. The van der Waals surface area contributed by atoms with Gasteiger partial charge in [-0.05, 0) is 238 Å². The number of hydrogen-bond donors (Lipinski definition) is 0. The van der Waals surface area contributed by atoms with Gasteiger partial charge in [0, 0.05) is 0 Å². The highest BCUT2D eigenvalue weighted by molar-refractivity contribution is 5.30. The van der Waals surface area contributed by atoms with Gasteiger partial charge >= 0.3 is 0 Å². The van der Waals surface area contributed by atoms with Crippen LogP contribution in [0.5, 0.6) is 0 Å². The molecular weight excluding hydrogens is 973 g/mol. The predicted molar refractivity (Wildman–Crippen MR) is 333 cm³/mol. The molecule has 4 saturated carbocycles. The van der Waals surface area contributed by atoms with E-state index in [2.05, 4.69) is 64.1 Å². The molecule has 6 aromatic carbocycles. The Labute approximate surface area is 472 Å². The fraction of sp³-hybridized carbons (Fsp3) is 0.425. The van der Waals surface area contributed by atoms with E-state index in [1.807, 2.05) is 114 Å². The van der Waals surface area contributed by atoms with Crippen LogP contribution in [0.25, 0.3) is 0 Å². The highest BCUT2D eigenvalue weighted by atomic mass is 16.1. The molecule has 1 atom stereocenters. The summed E-state index contributed by atoms with van der Waals surface area (Å²) in [7, 11) is 0. The Balaban J connectivity index is 0.000000175. The lowest BCUT2D eigenvalue weighted by molar-refractivity contribution is 0.420. The first-order valence-corrected chi connectivity index (χ1v) is 29.5. The predicted octanol–water partition coefficient (Wildman–Crippen LogP) is 16.6. The number of hydrogen-bond acceptors (Lipinski definition) is 6. The molecule has 0 amide bonds. The lowest BCUT2D eigenvalue weighted by atomic mass is 9.80. The molecule has 4 aliphatic rings. The first-order chi connectivity index (χ1) is 37.8. The van der Waals surface area contributed by atoms with Gasteiger partial charge in [0.2, 0.25) is 0 Å². The fourth-order valence-electron chi connectivity index (χ4n) is 10.3. The monoisotopic (exact) mass is 1060 g/mol. The second kappa shape index (κ2) is 32.4. The Morgan fingerprint density at radius 1 is 0.316 bits per heavy atom. The topological polar surface area (TPSA) is 102 Å². The van der Waals surface area contributed by atoms with Gasteiger partial charge in [-0.3, -0.25) is 28.8 Å². The molecule has 0 aromatic heterocycles. The Bertz CT molecular complexity index is 3160. The molecule has 4 aliphatic carbocycles. The first kappa shape index (κ1) is 63.2. The summed E-state index contributed by atoms with van der Waals surface area (Å²) in [6.45, 7) is 19.9. The normalized spacial score (nSPS) is 15.2. The minimum Gasteiger partial charge on any atom is -0.290 e. The fourth-order valence-corrected chi connectivity index (χ4v) is 10.3.